The smallest absolute Gasteiger partial charge is 0.289 e. The molecule has 1 aromatic rings. The summed E-state index contributed by atoms with van der Waals surface area (Å²) in [7, 11) is -3.87. The lowest BCUT2D eigenvalue weighted by molar-refractivity contribution is -0.388. The van der Waals surface area contributed by atoms with Gasteiger partial charge in [0.25, 0.3) is 5.69 Å². The summed E-state index contributed by atoms with van der Waals surface area (Å²) in [5.74, 6) is 0.115. The number of nitro groups is 1. The van der Waals surface area contributed by atoms with Crippen LogP contribution in [0.4, 0.5) is 5.69 Å². The van der Waals surface area contributed by atoms with Gasteiger partial charge in [0.15, 0.2) is 4.90 Å². The third-order valence-corrected chi connectivity index (χ3v) is 6.08. The van der Waals surface area contributed by atoms with E-state index in [0.29, 0.717) is 37.2 Å². The molecular formula is C13H19N3O4S. The van der Waals surface area contributed by atoms with E-state index in [1.54, 1.807) is 19.9 Å². The summed E-state index contributed by atoms with van der Waals surface area (Å²) in [6.07, 6.45) is 0.689. The molecular weight excluding hydrogens is 294 g/mol. The van der Waals surface area contributed by atoms with Crippen molar-refractivity contribution in [1.82, 2.24) is 4.31 Å². The Kier molecular flexibility index (Phi) is 4.31. The highest BCUT2D eigenvalue weighted by molar-refractivity contribution is 7.89. The summed E-state index contributed by atoms with van der Waals surface area (Å²) in [6, 6.07) is 2.82. The van der Waals surface area contributed by atoms with Crippen molar-refractivity contribution in [2.24, 2.45) is 11.7 Å². The van der Waals surface area contributed by atoms with E-state index in [-0.39, 0.29) is 16.5 Å². The van der Waals surface area contributed by atoms with Crippen molar-refractivity contribution in [2.75, 3.05) is 19.6 Å². The van der Waals surface area contributed by atoms with Crippen molar-refractivity contribution in [3.05, 3.63) is 33.4 Å². The lowest BCUT2D eigenvalue weighted by atomic mass is 10.1. The van der Waals surface area contributed by atoms with Crippen LogP contribution in [0, 0.1) is 29.9 Å². The van der Waals surface area contributed by atoms with Gasteiger partial charge in [-0.25, -0.2) is 8.42 Å². The third kappa shape index (κ3) is 2.78. The molecule has 1 fully saturated rings. The molecule has 0 radical (unpaired) electrons. The number of rotatable bonds is 4. The highest BCUT2D eigenvalue weighted by Gasteiger charge is 2.37. The van der Waals surface area contributed by atoms with Crippen LogP contribution in [0.5, 0.6) is 0 Å². The molecule has 0 amide bonds. The van der Waals surface area contributed by atoms with Crippen LogP contribution in [0.2, 0.25) is 0 Å². The second-order valence-corrected chi connectivity index (χ2v) is 7.24. The van der Waals surface area contributed by atoms with Crippen LogP contribution in [0.25, 0.3) is 0 Å². The van der Waals surface area contributed by atoms with Gasteiger partial charge in [-0.2, -0.15) is 4.31 Å². The molecule has 2 N–H and O–H groups in total. The van der Waals surface area contributed by atoms with Gasteiger partial charge in [-0.05, 0) is 43.9 Å². The zero-order valence-electron chi connectivity index (χ0n) is 12.1. The van der Waals surface area contributed by atoms with Gasteiger partial charge >= 0.3 is 0 Å². The van der Waals surface area contributed by atoms with Gasteiger partial charge in [0.1, 0.15) is 0 Å². The number of aryl methyl sites for hydroxylation is 1. The molecule has 1 aliphatic rings. The molecule has 0 saturated carbocycles. The van der Waals surface area contributed by atoms with E-state index in [9.17, 15) is 18.5 Å². The molecule has 0 spiro atoms. The van der Waals surface area contributed by atoms with Gasteiger partial charge in [0.05, 0.1) is 4.92 Å². The molecule has 21 heavy (non-hydrogen) atoms. The van der Waals surface area contributed by atoms with Crippen molar-refractivity contribution in [3.8, 4) is 0 Å². The summed E-state index contributed by atoms with van der Waals surface area (Å²) in [5, 5.41) is 11.2. The Labute approximate surface area is 123 Å². The molecule has 0 aliphatic carbocycles. The van der Waals surface area contributed by atoms with Crippen molar-refractivity contribution in [3.63, 3.8) is 0 Å². The fourth-order valence-electron chi connectivity index (χ4n) is 2.58. The Morgan fingerprint density at radius 2 is 2.10 bits per heavy atom. The minimum Gasteiger partial charge on any atom is -0.330 e. The largest absolute Gasteiger partial charge is 0.330 e. The molecule has 7 nitrogen and oxygen atoms in total. The molecule has 1 unspecified atom stereocenters. The zero-order valence-corrected chi connectivity index (χ0v) is 12.9. The molecule has 2 rings (SSSR count). The third-order valence-electron chi connectivity index (χ3n) is 4.03. The normalized spacial score (nSPS) is 19.9. The van der Waals surface area contributed by atoms with Crippen LogP contribution in [0.3, 0.4) is 0 Å². The predicted molar refractivity (Wildman–Crippen MR) is 78.5 cm³/mol. The second kappa shape index (κ2) is 5.70. The molecule has 0 bridgehead atoms. The Balaban J connectivity index is 2.55. The first-order valence-corrected chi connectivity index (χ1v) is 8.17. The van der Waals surface area contributed by atoms with Gasteiger partial charge in [0.2, 0.25) is 10.0 Å². The first-order valence-electron chi connectivity index (χ1n) is 6.73. The maximum Gasteiger partial charge on any atom is 0.289 e. The topological polar surface area (TPSA) is 107 Å². The monoisotopic (exact) mass is 313 g/mol. The number of hydrogen-bond acceptors (Lipinski definition) is 5. The van der Waals surface area contributed by atoms with E-state index in [1.807, 2.05) is 0 Å². The maximum absolute atomic E-state index is 12.8. The summed E-state index contributed by atoms with van der Waals surface area (Å²) >= 11 is 0. The minimum absolute atomic E-state index is 0.115. The molecule has 1 aromatic carbocycles. The average Bonchev–Trinajstić information content (AvgIpc) is 2.90. The molecule has 1 atom stereocenters. The zero-order chi connectivity index (χ0) is 15.8. The predicted octanol–water partition coefficient (Wildman–Crippen LogP) is 1.18. The van der Waals surface area contributed by atoms with Gasteiger partial charge in [-0.15, -0.1) is 0 Å². The van der Waals surface area contributed by atoms with Gasteiger partial charge < -0.3 is 5.73 Å². The quantitative estimate of drug-likeness (QED) is 0.663. The van der Waals surface area contributed by atoms with Crippen molar-refractivity contribution < 1.29 is 13.3 Å². The Hall–Kier alpha value is -1.51. The number of sulfonamides is 1. The van der Waals surface area contributed by atoms with E-state index >= 15 is 0 Å². The Morgan fingerprint density at radius 3 is 2.62 bits per heavy atom. The highest BCUT2D eigenvalue weighted by atomic mass is 32.2. The molecule has 1 aliphatic heterocycles. The molecule has 116 valence electrons. The van der Waals surface area contributed by atoms with Gasteiger partial charge in [-0.1, -0.05) is 6.07 Å². The SMILES string of the molecule is Cc1ccc([N+](=O)[O-])c(S(=O)(=O)N2CCC(CN)C2)c1C. The standard InChI is InChI=1S/C13H19N3O4S/c1-9-3-4-12(16(17)18)13(10(9)2)21(19,20)15-6-5-11(7-14)8-15/h3-4,11H,5-8,14H2,1-2H3. The molecule has 0 aromatic heterocycles. The highest BCUT2D eigenvalue weighted by Crippen LogP contribution is 2.33. The van der Waals surface area contributed by atoms with Crippen LogP contribution < -0.4 is 5.73 Å². The van der Waals surface area contributed by atoms with Crippen molar-refractivity contribution in [2.45, 2.75) is 25.2 Å². The Bertz CT molecular complexity index is 672. The number of hydrogen-bond donors (Lipinski definition) is 1. The summed E-state index contributed by atoms with van der Waals surface area (Å²) < 4.78 is 26.9. The Morgan fingerprint density at radius 1 is 1.43 bits per heavy atom. The van der Waals surface area contributed by atoms with Crippen LogP contribution in [0.15, 0.2) is 17.0 Å². The average molecular weight is 313 g/mol. The fraction of sp³-hybridized carbons (Fsp3) is 0.538. The first-order chi connectivity index (χ1) is 9.78. The van der Waals surface area contributed by atoms with E-state index in [2.05, 4.69) is 0 Å². The van der Waals surface area contributed by atoms with Gasteiger partial charge in [-0.3, -0.25) is 10.1 Å². The summed E-state index contributed by atoms with van der Waals surface area (Å²) in [4.78, 5) is 10.3. The maximum atomic E-state index is 12.8. The van der Waals surface area contributed by atoms with E-state index in [0.717, 1.165) is 0 Å². The molecule has 1 heterocycles. The lowest BCUT2D eigenvalue weighted by Crippen LogP contribution is -2.31. The van der Waals surface area contributed by atoms with Crippen LogP contribution in [-0.2, 0) is 10.0 Å². The second-order valence-electron chi connectivity index (χ2n) is 5.37. The van der Waals surface area contributed by atoms with Crippen LogP contribution in [-0.4, -0.2) is 37.3 Å². The number of benzene rings is 1. The summed E-state index contributed by atoms with van der Waals surface area (Å²) in [6.45, 7) is 4.44. The fourth-order valence-corrected chi connectivity index (χ4v) is 4.55. The molecule has 8 heteroatoms. The summed E-state index contributed by atoms with van der Waals surface area (Å²) in [5.41, 5.74) is 6.36. The lowest BCUT2D eigenvalue weighted by Gasteiger charge is -2.18. The van der Waals surface area contributed by atoms with E-state index in [1.165, 1.54) is 10.4 Å². The van der Waals surface area contributed by atoms with Crippen LogP contribution >= 0.6 is 0 Å². The van der Waals surface area contributed by atoms with Crippen molar-refractivity contribution >= 4 is 15.7 Å². The minimum atomic E-state index is -3.87. The number of nitro benzene ring substituents is 1. The first kappa shape index (κ1) is 15.9. The van der Waals surface area contributed by atoms with E-state index < -0.39 is 14.9 Å². The van der Waals surface area contributed by atoms with Crippen molar-refractivity contribution in [1.29, 1.82) is 0 Å². The number of nitrogens with zero attached hydrogens (tertiary/aromatic N) is 2. The van der Waals surface area contributed by atoms with Crippen LogP contribution in [0.1, 0.15) is 17.5 Å². The van der Waals surface area contributed by atoms with E-state index in [4.69, 9.17) is 5.73 Å². The number of nitrogens with two attached hydrogens (primary N) is 1. The molecule has 1 saturated heterocycles. The van der Waals surface area contributed by atoms with Gasteiger partial charge in [0, 0.05) is 19.2 Å².